The molecule has 0 bridgehead atoms. The second-order valence-corrected chi connectivity index (χ2v) is 5.03. The molecule has 0 radical (unpaired) electrons. The molecule has 0 unspecified atom stereocenters. The van der Waals surface area contributed by atoms with Crippen LogP contribution in [0.2, 0.25) is 0 Å². The zero-order valence-corrected chi connectivity index (χ0v) is 11.5. The Hall–Kier alpha value is -1.02. The van der Waals surface area contributed by atoms with Gasteiger partial charge in [0.1, 0.15) is 5.75 Å². The average Bonchev–Trinajstić information content (AvgIpc) is 2.27. The van der Waals surface area contributed by atoms with E-state index in [1.165, 1.54) is 17.5 Å². The molecule has 0 aliphatic rings. The summed E-state index contributed by atoms with van der Waals surface area (Å²) in [4.78, 5) is 0. The van der Waals surface area contributed by atoms with Crippen molar-refractivity contribution in [3.05, 3.63) is 29.3 Å². The van der Waals surface area contributed by atoms with Crippen LogP contribution >= 0.6 is 0 Å². The molecule has 1 N–H and O–H groups in total. The van der Waals surface area contributed by atoms with Crippen LogP contribution in [0.15, 0.2) is 18.2 Å². The second kappa shape index (κ2) is 7.33. The molecule has 1 rings (SSSR count). The molecule has 0 saturated carbocycles. The third kappa shape index (κ3) is 5.22. The van der Waals surface area contributed by atoms with Crippen molar-refractivity contribution in [2.75, 3.05) is 13.7 Å². The molecule has 0 heterocycles. The Morgan fingerprint density at radius 1 is 1.29 bits per heavy atom. The van der Waals surface area contributed by atoms with Crippen molar-refractivity contribution in [2.24, 2.45) is 5.92 Å². The highest BCUT2D eigenvalue weighted by atomic mass is 16.5. The predicted octanol–water partition coefficient (Wildman–Crippen LogP) is 3.53. The number of ether oxygens (including phenoxy) is 1. The standard InChI is InChI=1S/C15H25NO/c1-12(2)6-5-9-17-15-8-7-13(3)10-14(15)11-16-4/h7-8,10,12,16H,5-6,9,11H2,1-4H3. The molecule has 0 atom stereocenters. The van der Waals surface area contributed by atoms with Crippen LogP contribution in [0.25, 0.3) is 0 Å². The fourth-order valence-corrected chi connectivity index (χ4v) is 1.85. The van der Waals surface area contributed by atoms with Gasteiger partial charge in [-0.1, -0.05) is 31.5 Å². The van der Waals surface area contributed by atoms with Crippen LogP contribution in [0.3, 0.4) is 0 Å². The summed E-state index contributed by atoms with van der Waals surface area (Å²) in [6, 6.07) is 6.38. The number of benzene rings is 1. The molecular formula is C15H25NO. The summed E-state index contributed by atoms with van der Waals surface area (Å²) < 4.78 is 5.86. The Bertz CT molecular complexity index is 334. The molecule has 96 valence electrons. The Morgan fingerprint density at radius 2 is 2.06 bits per heavy atom. The maximum absolute atomic E-state index is 5.86. The Labute approximate surface area is 105 Å². The lowest BCUT2D eigenvalue weighted by atomic mass is 10.1. The average molecular weight is 235 g/mol. The van der Waals surface area contributed by atoms with Gasteiger partial charge in [0.2, 0.25) is 0 Å². The van der Waals surface area contributed by atoms with Gasteiger partial charge in [-0.15, -0.1) is 0 Å². The third-order valence-corrected chi connectivity index (χ3v) is 2.77. The third-order valence-electron chi connectivity index (χ3n) is 2.77. The Balaban J connectivity index is 2.51. The number of hydrogen-bond donors (Lipinski definition) is 1. The van der Waals surface area contributed by atoms with Gasteiger partial charge >= 0.3 is 0 Å². The van der Waals surface area contributed by atoms with Crippen LogP contribution in [0, 0.1) is 12.8 Å². The van der Waals surface area contributed by atoms with Gasteiger partial charge in [-0.05, 0) is 38.8 Å². The first-order chi connectivity index (χ1) is 8.13. The van der Waals surface area contributed by atoms with Crippen molar-refractivity contribution in [2.45, 2.75) is 40.2 Å². The largest absolute Gasteiger partial charge is 0.493 e. The van der Waals surface area contributed by atoms with E-state index in [0.717, 1.165) is 31.2 Å². The summed E-state index contributed by atoms with van der Waals surface area (Å²) >= 11 is 0. The highest BCUT2D eigenvalue weighted by molar-refractivity contribution is 5.36. The molecule has 1 aromatic carbocycles. The van der Waals surface area contributed by atoms with E-state index in [1.54, 1.807) is 0 Å². The van der Waals surface area contributed by atoms with Gasteiger partial charge < -0.3 is 10.1 Å². The molecular weight excluding hydrogens is 210 g/mol. The number of nitrogens with one attached hydrogen (secondary N) is 1. The van der Waals surface area contributed by atoms with Crippen LogP contribution in [0.1, 0.15) is 37.8 Å². The van der Waals surface area contributed by atoms with Gasteiger partial charge in [-0.25, -0.2) is 0 Å². The SMILES string of the molecule is CNCc1cc(C)ccc1OCCCC(C)C. The van der Waals surface area contributed by atoms with E-state index >= 15 is 0 Å². The first kappa shape index (κ1) is 14.0. The summed E-state index contributed by atoms with van der Waals surface area (Å²) in [7, 11) is 1.96. The first-order valence-electron chi connectivity index (χ1n) is 6.50. The van der Waals surface area contributed by atoms with Crippen molar-refractivity contribution < 1.29 is 4.74 Å². The lowest BCUT2D eigenvalue weighted by molar-refractivity contribution is 0.294. The van der Waals surface area contributed by atoms with E-state index in [1.807, 2.05) is 7.05 Å². The molecule has 0 aliphatic heterocycles. The first-order valence-corrected chi connectivity index (χ1v) is 6.50. The maximum Gasteiger partial charge on any atom is 0.123 e. The van der Waals surface area contributed by atoms with E-state index in [0.29, 0.717) is 0 Å². The quantitative estimate of drug-likeness (QED) is 0.730. The van der Waals surface area contributed by atoms with Gasteiger partial charge in [0, 0.05) is 12.1 Å². The Kier molecular flexibility index (Phi) is 6.06. The molecule has 1 aromatic rings. The summed E-state index contributed by atoms with van der Waals surface area (Å²) in [5.41, 5.74) is 2.53. The van der Waals surface area contributed by atoms with E-state index in [2.05, 4.69) is 44.3 Å². The molecule has 2 heteroatoms. The minimum absolute atomic E-state index is 0.758. The van der Waals surface area contributed by atoms with Gasteiger partial charge in [0.15, 0.2) is 0 Å². The van der Waals surface area contributed by atoms with Crippen molar-refractivity contribution in [1.29, 1.82) is 0 Å². The number of rotatable bonds is 7. The summed E-state index contributed by atoms with van der Waals surface area (Å²) in [5.74, 6) is 1.78. The van der Waals surface area contributed by atoms with Gasteiger partial charge in [0.05, 0.1) is 6.61 Å². The zero-order valence-electron chi connectivity index (χ0n) is 11.5. The molecule has 0 amide bonds. The van der Waals surface area contributed by atoms with Crippen LogP contribution in [-0.4, -0.2) is 13.7 Å². The summed E-state index contributed by atoms with van der Waals surface area (Å²) in [6.45, 7) is 8.29. The molecule has 0 aromatic heterocycles. The van der Waals surface area contributed by atoms with E-state index in [-0.39, 0.29) is 0 Å². The lowest BCUT2D eigenvalue weighted by Crippen LogP contribution is -2.08. The molecule has 0 fully saturated rings. The number of aryl methyl sites for hydroxylation is 1. The molecule has 17 heavy (non-hydrogen) atoms. The van der Waals surface area contributed by atoms with Crippen molar-refractivity contribution in [3.63, 3.8) is 0 Å². The summed E-state index contributed by atoms with van der Waals surface area (Å²) in [6.07, 6.45) is 2.36. The van der Waals surface area contributed by atoms with Crippen LogP contribution < -0.4 is 10.1 Å². The zero-order chi connectivity index (χ0) is 12.7. The lowest BCUT2D eigenvalue weighted by Gasteiger charge is -2.12. The molecule has 0 saturated heterocycles. The van der Waals surface area contributed by atoms with Crippen LogP contribution in [-0.2, 0) is 6.54 Å². The molecule has 2 nitrogen and oxygen atoms in total. The van der Waals surface area contributed by atoms with E-state index < -0.39 is 0 Å². The predicted molar refractivity (Wildman–Crippen MR) is 73.5 cm³/mol. The maximum atomic E-state index is 5.86. The fraction of sp³-hybridized carbons (Fsp3) is 0.600. The second-order valence-electron chi connectivity index (χ2n) is 5.03. The van der Waals surface area contributed by atoms with E-state index in [4.69, 9.17) is 4.74 Å². The molecule has 0 aliphatic carbocycles. The number of hydrogen-bond acceptors (Lipinski definition) is 2. The Morgan fingerprint density at radius 3 is 2.71 bits per heavy atom. The van der Waals surface area contributed by atoms with Gasteiger partial charge in [0.25, 0.3) is 0 Å². The van der Waals surface area contributed by atoms with Crippen LogP contribution in [0.4, 0.5) is 0 Å². The minimum atomic E-state index is 0.758. The van der Waals surface area contributed by atoms with Crippen molar-refractivity contribution in [1.82, 2.24) is 5.32 Å². The minimum Gasteiger partial charge on any atom is -0.493 e. The van der Waals surface area contributed by atoms with Crippen LogP contribution in [0.5, 0.6) is 5.75 Å². The highest BCUT2D eigenvalue weighted by Gasteiger charge is 2.03. The molecule has 0 spiro atoms. The fourth-order valence-electron chi connectivity index (χ4n) is 1.85. The van der Waals surface area contributed by atoms with E-state index in [9.17, 15) is 0 Å². The van der Waals surface area contributed by atoms with Gasteiger partial charge in [-0.3, -0.25) is 0 Å². The smallest absolute Gasteiger partial charge is 0.123 e. The van der Waals surface area contributed by atoms with Gasteiger partial charge in [-0.2, -0.15) is 0 Å². The normalized spacial score (nSPS) is 10.9. The highest BCUT2D eigenvalue weighted by Crippen LogP contribution is 2.20. The monoisotopic (exact) mass is 235 g/mol. The van der Waals surface area contributed by atoms with Crippen molar-refractivity contribution in [3.8, 4) is 5.75 Å². The topological polar surface area (TPSA) is 21.3 Å². The summed E-state index contributed by atoms with van der Waals surface area (Å²) in [5, 5.41) is 3.18. The van der Waals surface area contributed by atoms with Crippen molar-refractivity contribution >= 4 is 0 Å².